The summed E-state index contributed by atoms with van der Waals surface area (Å²) in [6.07, 6.45) is 6.02. The minimum Gasteiger partial charge on any atom is -0.378 e. The summed E-state index contributed by atoms with van der Waals surface area (Å²) in [7, 11) is -9.60. The van der Waals surface area contributed by atoms with Crippen molar-refractivity contribution in [2.45, 2.75) is 56.4 Å². The standard InChI is InChI=1S/C18H23F5OS/c1-2-3-14-24-17-10-6-15(7-11-17)4-5-16-8-12-18(13-9-16)25(19,20,21,22)23/h8-9,12-13,15,17H,2-3,6-7,10-11,14H2,1H3/t15-,17-. The lowest BCUT2D eigenvalue weighted by Gasteiger charge is -2.40. The van der Waals surface area contributed by atoms with Crippen molar-refractivity contribution in [3.05, 3.63) is 29.8 Å². The van der Waals surface area contributed by atoms with Gasteiger partial charge < -0.3 is 4.74 Å². The lowest BCUT2D eigenvalue weighted by molar-refractivity contribution is 0.0216. The van der Waals surface area contributed by atoms with Gasteiger partial charge in [0, 0.05) is 18.1 Å². The number of benzene rings is 1. The first-order valence-corrected chi connectivity index (χ1v) is 10.4. The molecule has 25 heavy (non-hydrogen) atoms. The Kier molecular flexibility index (Phi) is 5.46. The topological polar surface area (TPSA) is 9.23 Å². The molecule has 0 aliphatic heterocycles. The normalized spacial score (nSPS) is 23.9. The Morgan fingerprint density at radius 3 is 2.12 bits per heavy atom. The number of rotatable bonds is 5. The van der Waals surface area contributed by atoms with Crippen LogP contribution in [0.2, 0.25) is 0 Å². The van der Waals surface area contributed by atoms with Crippen molar-refractivity contribution in [3.63, 3.8) is 0 Å². The van der Waals surface area contributed by atoms with Crippen LogP contribution in [0.1, 0.15) is 51.0 Å². The molecule has 1 aromatic rings. The summed E-state index contributed by atoms with van der Waals surface area (Å²) in [6, 6.07) is 2.81. The summed E-state index contributed by atoms with van der Waals surface area (Å²) >= 11 is 0. The van der Waals surface area contributed by atoms with Gasteiger partial charge in [0.15, 0.2) is 0 Å². The summed E-state index contributed by atoms with van der Waals surface area (Å²) in [5.41, 5.74) is 0.312. The number of hydrogen-bond acceptors (Lipinski definition) is 1. The van der Waals surface area contributed by atoms with Gasteiger partial charge in [-0.2, -0.15) is 0 Å². The molecular formula is C18H23F5OS. The molecule has 0 amide bonds. The third kappa shape index (κ3) is 6.52. The van der Waals surface area contributed by atoms with E-state index in [9.17, 15) is 19.4 Å². The van der Waals surface area contributed by atoms with Crippen molar-refractivity contribution in [1.82, 2.24) is 0 Å². The maximum absolute atomic E-state index is 12.7. The lowest BCUT2D eigenvalue weighted by atomic mass is 9.87. The average molecular weight is 382 g/mol. The van der Waals surface area contributed by atoms with E-state index < -0.39 is 15.1 Å². The van der Waals surface area contributed by atoms with Crippen molar-refractivity contribution in [3.8, 4) is 11.8 Å². The van der Waals surface area contributed by atoms with E-state index in [2.05, 4.69) is 18.8 Å². The smallest absolute Gasteiger partial charge is 0.310 e. The zero-order valence-electron chi connectivity index (χ0n) is 14.1. The molecule has 0 saturated heterocycles. The van der Waals surface area contributed by atoms with Gasteiger partial charge in [-0.25, -0.2) is 0 Å². The summed E-state index contributed by atoms with van der Waals surface area (Å²) in [4.78, 5) is -1.88. The van der Waals surface area contributed by atoms with Crippen LogP contribution in [0.4, 0.5) is 19.4 Å². The van der Waals surface area contributed by atoms with Crippen LogP contribution in [0.15, 0.2) is 29.2 Å². The molecule has 1 aliphatic carbocycles. The first-order chi connectivity index (χ1) is 11.5. The monoisotopic (exact) mass is 382 g/mol. The second-order valence-electron chi connectivity index (χ2n) is 6.46. The molecule has 0 radical (unpaired) electrons. The van der Waals surface area contributed by atoms with Gasteiger partial charge in [0.2, 0.25) is 0 Å². The molecule has 7 heteroatoms. The van der Waals surface area contributed by atoms with Crippen LogP contribution >= 0.6 is 10.2 Å². The quantitative estimate of drug-likeness (QED) is 0.301. The Labute approximate surface area is 145 Å². The molecule has 142 valence electrons. The molecule has 1 saturated carbocycles. The van der Waals surface area contributed by atoms with E-state index in [0.717, 1.165) is 57.3 Å². The summed E-state index contributed by atoms with van der Waals surface area (Å²) in [5, 5.41) is 0. The maximum Gasteiger partial charge on any atom is 0.310 e. The average Bonchev–Trinajstić information content (AvgIpc) is 2.53. The molecule has 0 N–H and O–H groups in total. The fraction of sp³-hybridized carbons (Fsp3) is 0.556. The predicted octanol–water partition coefficient (Wildman–Crippen LogP) is 7.07. The van der Waals surface area contributed by atoms with E-state index in [1.807, 2.05) is 0 Å². The van der Waals surface area contributed by atoms with E-state index in [0.29, 0.717) is 17.7 Å². The zero-order valence-corrected chi connectivity index (χ0v) is 14.9. The molecule has 1 aromatic carbocycles. The molecule has 0 heterocycles. The van der Waals surface area contributed by atoms with Crippen LogP contribution in [-0.2, 0) is 4.74 Å². The van der Waals surface area contributed by atoms with Gasteiger partial charge in [0.1, 0.15) is 4.90 Å². The number of ether oxygens (including phenoxy) is 1. The molecule has 2 rings (SSSR count). The molecule has 0 spiro atoms. The van der Waals surface area contributed by atoms with Crippen LogP contribution in [0, 0.1) is 17.8 Å². The molecule has 0 unspecified atom stereocenters. The Balaban J connectivity index is 1.91. The fourth-order valence-corrected chi connectivity index (χ4v) is 3.40. The van der Waals surface area contributed by atoms with Gasteiger partial charge in [-0.3, -0.25) is 0 Å². The third-order valence-corrected chi connectivity index (χ3v) is 5.41. The van der Waals surface area contributed by atoms with E-state index in [1.165, 1.54) is 0 Å². The minimum atomic E-state index is -9.60. The second kappa shape index (κ2) is 6.81. The van der Waals surface area contributed by atoms with Crippen LogP contribution in [-0.4, -0.2) is 12.7 Å². The highest BCUT2D eigenvalue weighted by atomic mass is 32.5. The molecule has 1 aliphatic rings. The third-order valence-electron chi connectivity index (χ3n) is 4.25. The van der Waals surface area contributed by atoms with E-state index in [4.69, 9.17) is 4.74 Å². The predicted molar refractivity (Wildman–Crippen MR) is 91.3 cm³/mol. The SMILES string of the molecule is CCCCO[C@H]1CC[C@H](C#Cc2ccc(S(F)(F)(F)(F)F)cc2)CC1. The number of halogens is 5. The summed E-state index contributed by atoms with van der Waals surface area (Å²) in [6.45, 7) is 2.88. The van der Waals surface area contributed by atoms with Crippen molar-refractivity contribution in [1.29, 1.82) is 0 Å². The Hall–Kier alpha value is -1.26. The van der Waals surface area contributed by atoms with Crippen LogP contribution < -0.4 is 0 Å². The van der Waals surface area contributed by atoms with E-state index in [1.54, 1.807) is 0 Å². The van der Waals surface area contributed by atoms with Crippen molar-refractivity contribution >= 4 is 10.2 Å². The highest BCUT2D eigenvalue weighted by Crippen LogP contribution is 3.02. The fourth-order valence-electron chi connectivity index (χ4n) is 2.75. The number of unbranched alkanes of at least 4 members (excludes halogenated alkanes) is 1. The Bertz CT molecular complexity index is 634. The van der Waals surface area contributed by atoms with Gasteiger partial charge in [-0.1, -0.05) is 44.6 Å². The van der Waals surface area contributed by atoms with Crippen molar-refractivity contribution in [2.75, 3.05) is 6.61 Å². The Morgan fingerprint density at radius 1 is 1.00 bits per heavy atom. The largest absolute Gasteiger partial charge is 0.378 e. The van der Waals surface area contributed by atoms with Crippen molar-refractivity contribution in [2.24, 2.45) is 5.92 Å². The van der Waals surface area contributed by atoms with Crippen molar-refractivity contribution < 1.29 is 24.2 Å². The first-order valence-electron chi connectivity index (χ1n) is 8.45. The molecule has 0 atom stereocenters. The second-order valence-corrected chi connectivity index (χ2v) is 8.87. The molecule has 1 nitrogen and oxygen atoms in total. The van der Waals surface area contributed by atoms with Gasteiger partial charge in [0.05, 0.1) is 6.10 Å². The van der Waals surface area contributed by atoms with Crippen LogP contribution in [0.25, 0.3) is 0 Å². The van der Waals surface area contributed by atoms with E-state index in [-0.39, 0.29) is 12.0 Å². The zero-order chi connectivity index (χ0) is 18.6. The van der Waals surface area contributed by atoms with Gasteiger partial charge in [-0.15, -0.1) is 0 Å². The number of hydrogen-bond donors (Lipinski definition) is 0. The molecule has 0 aromatic heterocycles. The lowest BCUT2D eigenvalue weighted by Crippen LogP contribution is -2.21. The van der Waals surface area contributed by atoms with Crippen LogP contribution in [0.3, 0.4) is 0 Å². The summed E-state index contributed by atoms with van der Waals surface area (Å²) < 4.78 is 69.1. The van der Waals surface area contributed by atoms with Crippen LogP contribution in [0.5, 0.6) is 0 Å². The molecule has 1 fully saturated rings. The molecule has 0 bridgehead atoms. The van der Waals surface area contributed by atoms with Gasteiger partial charge >= 0.3 is 10.2 Å². The first kappa shape index (κ1) is 20.1. The van der Waals surface area contributed by atoms with Gasteiger partial charge in [0.25, 0.3) is 0 Å². The highest BCUT2D eigenvalue weighted by Gasteiger charge is 2.65. The summed E-state index contributed by atoms with van der Waals surface area (Å²) in [5.74, 6) is 6.00. The Morgan fingerprint density at radius 2 is 1.60 bits per heavy atom. The minimum absolute atomic E-state index is 0.168. The van der Waals surface area contributed by atoms with Gasteiger partial charge in [-0.05, 0) is 56.4 Å². The maximum atomic E-state index is 12.7. The highest BCUT2D eigenvalue weighted by molar-refractivity contribution is 8.45. The molecular weight excluding hydrogens is 359 g/mol. The van der Waals surface area contributed by atoms with E-state index >= 15 is 0 Å².